The Balaban J connectivity index is 1.59. The number of carbonyl (C=O) groups is 2. The summed E-state index contributed by atoms with van der Waals surface area (Å²) in [6, 6.07) is 29.7. The number of benzene rings is 4. The van der Waals surface area contributed by atoms with Crippen LogP contribution in [0.4, 0.5) is 11.4 Å². The number of rotatable bonds is 6. The number of methoxy groups -OCH3 is 2. The van der Waals surface area contributed by atoms with Crippen molar-refractivity contribution in [3.63, 3.8) is 0 Å². The van der Waals surface area contributed by atoms with Gasteiger partial charge in [-0.15, -0.1) is 0 Å². The molecule has 34 heavy (non-hydrogen) atoms. The van der Waals surface area contributed by atoms with Gasteiger partial charge in [0.25, 0.3) is 0 Å². The molecular formula is C28H24N2O4. The van der Waals surface area contributed by atoms with E-state index in [0.29, 0.717) is 22.9 Å². The van der Waals surface area contributed by atoms with Crippen LogP contribution in [0.5, 0.6) is 11.5 Å². The summed E-state index contributed by atoms with van der Waals surface area (Å²) < 4.78 is 10.7. The van der Waals surface area contributed by atoms with Crippen molar-refractivity contribution in [2.45, 2.75) is 0 Å². The molecule has 2 amide bonds. The lowest BCUT2D eigenvalue weighted by Gasteiger charge is -2.15. The Kier molecular flexibility index (Phi) is 6.89. The summed E-state index contributed by atoms with van der Waals surface area (Å²) >= 11 is 0. The zero-order valence-electron chi connectivity index (χ0n) is 18.9. The molecule has 0 fully saturated rings. The second-order valence-electron chi connectivity index (χ2n) is 7.46. The van der Waals surface area contributed by atoms with Gasteiger partial charge in [-0.1, -0.05) is 60.7 Å². The largest absolute Gasteiger partial charge is 0.497 e. The van der Waals surface area contributed by atoms with Crippen molar-refractivity contribution < 1.29 is 19.1 Å². The van der Waals surface area contributed by atoms with E-state index in [1.54, 1.807) is 38.5 Å². The lowest BCUT2D eigenvalue weighted by molar-refractivity contribution is -0.132. The Bertz CT molecular complexity index is 1200. The summed E-state index contributed by atoms with van der Waals surface area (Å²) in [6.07, 6.45) is 0. The number of amides is 2. The first-order valence-corrected chi connectivity index (χ1v) is 10.7. The van der Waals surface area contributed by atoms with Crippen molar-refractivity contribution in [1.29, 1.82) is 0 Å². The van der Waals surface area contributed by atoms with E-state index in [1.807, 2.05) is 72.8 Å². The van der Waals surface area contributed by atoms with Crippen molar-refractivity contribution in [2.75, 3.05) is 24.9 Å². The van der Waals surface area contributed by atoms with Crippen molar-refractivity contribution in [1.82, 2.24) is 0 Å². The molecule has 0 radical (unpaired) electrons. The molecule has 0 spiro atoms. The van der Waals surface area contributed by atoms with Crippen LogP contribution < -0.4 is 20.1 Å². The van der Waals surface area contributed by atoms with E-state index in [9.17, 15) is 9.59 Å². The second-order valence-corrected chi connectivity index (χ2v) is 7.46. The smallest absolute Gasteiger partial charge is 0.314 e. The quantitative estimate of drug-likeness (QED) is 0.373. The number of anilines is 2. The average molecular weight is 453 g/mol. The molecule has 0 heterocycles. The molecule has 0 saturated carbocycles. The predicted molar refractivity (Wildman–Crippen MR) is 134 cm³/mol. The Morgan fingerprint density at radius 3 is 1.29 bits per heavy atom. The van der Waals surface area contributed by atoms with Crippen LogP contribution in [0.1, 0.15) is 0 Å². The summed E-state index contributed by atoms with van der Waals surface area (Å²) in [4.78, 5) is 25.7. The monoisotopic (exact) mass is 452 g/mol. The van der Waals surface area contributed by atoms with Gasteiger partial charge in [0.15, 0.2) is 0 Å². The molecule has 6 heteroatoms. The molecule has 0 saturated heterocycles. The summed E-state index contributed by atoms with van der Waals surface area (Å²) in [6.45, 7) is 0. The minimum Gasteiger partial charge on any atom is -0.497 e. The van der Waals surface area contributed by atoms with Gasteiger partial charge in [0.2, 0.25) is 0 Å². The highest BCUT2D eigenvalue weighted by Crippen LogP contribution is 2.33. The van der Waals surface area contributed by atoms with Crippen molar-refractivity contribution in [3.8, 4) is 33.8 Å². The fourth-order valence-corrected chi connectivity index (χ4v) is 3.59. The average Bonchev–Trinajstić information content (AvgIpc) is 2.90. The Morgan fingerprint density at radius 1 is 0.559 bits per heavy atom. The number of hydrogen-bond acceptors (Lipinski definition) is 4. The molecule has 4 rings (SSSR count). The first kappa shape index (κ1) is 22.6. The van der Waals surface area contributed by atoms with Crippen LogP contribution in [-0.2, 0) is 9.59 Å². The van der Waals surface area contributed by atoms with Gasteiger partial charge in [-0.2, -0.15) is 0 Å². The van der Waals surface area contributed by atoms with E-state index < -0.39 is 11.8 Å². The maximum absolute atomic E-state index is 12.8. The predicted octanol–water partition coefficient (Wildman–Crippen LogP) is 5.62. The lowest BCUT2D eigenvalue weighted by atomic mass is 10.0. The van der Waals surface area contributed by atoms with E-state index >= 15 is 0 Å². The highest BCUT2D eigenvalue weighted by Gasteiger charge is 2.19. The van der Waals surface area contributed by atoms with E-state index in [1.165, 1.54) is 0 Å². The van der Waals surface area contributed by atoms with Crippen LogP contribution >= 0.6 is 0 Å². The molecule has 0 atom stereocenters. The summed E-state index contributed by atoms with van der Waals surface area (Å²) in [5.41, 5.74) is 4.28. The minimum absolute atomic E-state index is 0.505. The van der Waals surface area contributed by atoms with Crippen molar-refractivity contribution in [3.05, 3.63) is 97.1 Å². The van der Waals surface area contributed by atoms with Crippen LogP contribution in [-0.4, -0.2) is 26.0 Å². The zero-order chi connectivity index (χ0) is 23.9. The van der Waals surface area contributed by atoms with Crippen molar-refractivity contribution in [2.24, 2.45) is 0 Å². The molecule has 4 aromatic carbocycles. The number of nitrogens with one attached hydrogen (secondary N) is 2. The molecule has 170 valence electrons. The van der Waals surface area contributed by atoms with Gasteiger partial charge in [-0.3, -0.25) is 9.59 Å². The van der Waals surface area contributed by atoms with Crippen LogP contribution in [0.25, 0.3) is 22.3 Å². The highest BCUT2D eigenvalue weighted by molar-refractivity contribution is 6.44. The molecular weight excluding hydrogens is 428 g/mol. The highest BCUT2D eigenvalue weighted by atomic mass is 16.5. The third kappa shape index (κ3) is 5.07. The van der Waals surface area contributed by atoms with E-state index in [-0.39, 0.29) is 0 Å². The zero-order valence-corrected chi connectivity index (χ0v) is 18.9. The summed E-state index contributed by atoms with van der Waals surface area (Å²) in [5.74, 6) is -0.270. The molecule has 0 unspecified atom stereocenters. The molecule has 0 aliphatic carbocycles. The van der Waals surface area contributed by atoms with E-state index in [4.69, 9.17) is 9.47 Å². The maximum atomic E-state index is 12.8. The number of hydrogen-bond donors (Lipinski definition) is 2. The molecule has 6 nitrogen and oxygen atoms in total. The van der Waals surface area contributed by atoms with Gasteiger partial charge in [-0.25, -0.2) is 0 Å². The summed E-state index contributed by atoms with van der Waals surface area (Å²) in [7, 11) is 3.16. The van der Waals surface area contributed by atoms with Gasteiger partial charge < -0.3 is 20.1 Å². The molecule has 0 aliphatic heterocycles. The second kappa shape index (κ2) is 10.4. The van der Waals surface area contributed by atoms with Gasteiger partial charge in [-0.05, 0) is 47.5 Å². The first-order chi connectivity index (χ1) is 16.6. The Morgan fingerprint density at radius 2 is 0.941 bits per heavy atom. The molecule has 0 aliphatic rings. The molecule has 0 aromatic heterocycles. The Hall–Kier alpha value is -4.58. The third-order valence-corrected chi connectivity index (χ3v) is 5.33. The van der Waals surface area contributed by atoms with Gasteiger partial charge in [0.1, 0.15) is 11.5 Å². The van der Waals surface area contributed by atoms with Gasteiger partial charge in [0.05, 0.1) is 14.2 Å². The standard InChI is InChI=1S/C28H24N2O4/c1-33-21-13-15-25(23(17-21)19-9-5-3-6-10-19)29-27(31)28(32)30-26-16-14-22(34-2)18-24(26)20-11-7-4-8-12-20/h3-18H,1-2H3,(H,29,31)(H,30,32). The normalized spacial score (nSPS) is 10.3. The Labute approximate surface area is 198 Å². The molecule has 4 aromatic rings. The van der Waals surface area contributed by atoms with Crippen LogP contribution in [0.2, 0.25) is 0 Å². The fourth-order valence-electron chi connectivity index (χ4n) is 3.59. The molecule has 0 bridgehead atoms. The van der Waals surface area contributed by atoms with Crippen LogP contribution in [0.15, 0.2) is 97.1 Å². The van der Waals surface area contributed by atoms with E-state index in [2.05, 4.69) is 10.6 Å². The van der Waals surface area contributed by atoms with Gasteiger partial charge >= 0.3 is 11.8 Å². The lowest BCUT2D eigenvalue weighted by Crippen LogP contribution is -2.29. The SMILES string of the molecule is COc1ccc(NC(=O)C(=O)Nc2ccc(OC)cc2-c2ccccc2)c(-c2ccccc2)c1. The minimum atomic E-state index is -0.780. The van der Waals surface area contributed by atoms with Crippen LogP contribution in [0, 0.1) is 0 Å². The first-order valence-electron chi connectivity index (χ1n) is 10.7. The number of carbonyl (C=O) groups excluding carboxylic acids is 2. The van der Waals surface area contributed by atoms with Gasteiger partial charge in [0, 0.05) is 22.5 Å². The van der Waals surface area contributed by atoms with Crippen molar-refractivity contribution >= 4 is 23.2 Å². The number of ether oxygens (including phenoxy) is 2. The summed E-state index contributed by atoms with van der Waals surface area (Å²) in [5, 5.41) is 5.46. The fraction of sp³-hybridized carbons (Fsp3) is 0.0714. The maximum Gasteiger partial charge on any atom is 0.314 e. The molecule has 2 N–H and O–H groups in total. The topological polar surface area (TPSA) is 76.7 Å². The van der Waals surface area contributed by atoms with E-state index in [0.717, 1.165) is 22.3 Å². The third-order valence-electron chi connectivity index (χ3n) is 5.33. The van der Waals surface area contributed by atoms with Crippen LogP contribution in [0.3, 0.4) is 0 Å².